The van der Waals surface area contributed by atoms with E-state index in [2.05, 4.69) is 10.1 Å². The Hall–Kier alpha value is -2.96. The standard InChI is InChI=1S/C23H18Cl2FN3O2/c1-2-31-23(30)17(12-16-19(25)4-3-5-20(16)26)21-10-11-27-22-18(13-28-29(21)22)14-6-8-15(24)9-7-14/h3-11,13,17H,2,12H2,1H3/t17-/m0/s1. The molecule has 0 bridgehead atoms. The molecule has 0 radical (unpaired) electrons. The fourth-order valence-corrected chi connectivity index (χ4v) is 3.86. The number of rotatable bonds is 6. The van der Waals surface area contributed by atoms with Gasteiger partial charge in [0.1, 0.15) is 11.7 Å². The van der Waals surface area contributed by atoms with Gasteiger partial charge in [-0.05, 0) is 49.2 Å². The number of ether oxygens (including phenoxy) is 1. The van der Waals surface area contributed by atoms with Crippen molar-refractivity contribution in [3.8, 4) is 11.1 Å². The summed E-state index contributed by atoms with van der Waals surface area (Å²) < 4.78 is 21.3. The van der Waals surface area contributed by atoms with Crippen LogP contribution in [0, 0.1) is 5.82 Å². The van der Waals surface area contributed by atoms with Gasteiger partial charge in [-0.2, -0.15) is 5.10 Å². The average Bonchev–Trinajstić information content (AvgIpc) is 3.19. The van der Waals surface area contributed by atoms with Crippen molar-refractivity contribution in [2.24, 2.45) is 0 Å². The van der Waals surface area contributed by atoms with Crippen LogP contribution >= 0.6 is 23.2 Å². The second-order valence-electron chi connectivity index (χ2n) is 6.88. The molecule has 0 fully saturated rings. The molecule has 0 unspecified atom stereocenters. The first-order valence-electron chi connectivity index (χ1n) is 9.67. The van der Waals surface area contributed by atoms with Crippen molar-refractivity contribution in [2.45, 2.75) is 19.3 Å². The highest BCUT2D eigenvalue weighted by Crippen LogP contribution is 2.31. The molecule has 2 heterocycles. The maximum Gasteiger partial charge on any atom is 0.315 e. The van der Waals surface area contributed by atoms with Crippen LogP contribution in [-0.4, -0.2) is 27.2 Å². The molecule has 0 N–H and O–H groups in total. The number of nitrogens with zero attached hydrogens (tertiary/aromatic N) is 3. The number of carbonyl (C=O) groups is 1. The molecule has 31 heavy (non-hydrogen) atoms. The first kappa shape index (κ1) is 21.3. The van der Waals surface area contributed by atoms with Gasteiger partial charge in [-0.15, -0.1) is 0 Å². The predicted molar refractivity (Wildman–Crippen MR) is 118 cm³/mol. The van der Waals surface area contributed by atoms with Gasteiger partial charge in [0.2, 0.25) is 0 Å². The lowest BCUT2D eigenvalue weighted by atomic mass is 9.95. The highest BCUT2D eigenvalue weighted by atomic mass is 35.5. The van der Waals surface area contributed by atoms with Gasteiger partial charge < -0.3 is 4.74 Å². The van der Waals surface area contributed by atoms with Gasteiger partial charge in [-0.1, -0.05) is 41.4 Å². The molecule has 0 spiro atoms. The van der Waals surface area contributed by atoms with Gasteiger partial charge >= 0.3 is 5.97 Å². The van der Waals surface area contributed by atoms with Crippen LogP contribution in [0.1, 0.15) is 24.1 Å². The van der Waals surface area contributed by atoms with Crippen molar-refractivity contribution in [1.29, 1.82) is 0 Å². The summed E-state index contributed by atoms with van der Waals surface area (Å²) in [5.74, 6) is -1.79. The third-order valence-electron chi connectivity index (χ3n) is 4.98. The fraction of sp³-hybridized carbons (Fsp3) is 0.174. The molecule has 0 saturated heterocycles. The minimum atomic E-state index is -0.821. The van der Waals surface area contributed by atoms with E-state index in [0.717, 1.165) is 11.1 Å². The van der Waals surface area contributed by atoms with E-state index in [0.29, 0.717) is 16.4 Å². The lowest BCUT2D eigenvalue weighted by molar-refractivity contribution is -0.145. The molecule has 5 nitrogen and oxygen atoms in total. The van der Waals surface area contributed by atoms with Gasteiger partial charge in [-0.25, -0.2) is 13.9 Å². The molecule has 0 aliphatic rings. The van der Waals surface area contributed by atoms with Gasteiger partial charge in [0.15, 0.2) is 5.65 Å². The maximum absolute atomic E-state index is 14.5. The molecular weight excluding hydrogens is 440 g/mol. The summed E-state index contributed by atoms with van der Waals surface area (Å²) >= 11 is 12.2. The van der Waals surface area contributed by atoms with E-state index in [9.17, 15) is 9.18 Å². The Morgan fingerprint density at radius 2 is 1.94 bits per heavy atom. The van der Waals surface area contributed by atoms with Crippen LogP contribution in [0.25, 0.3) is 16.8 Å². The fourth-order valence-electron chi connectivity index (χ4n) is 3.49. The van der Waals surface area contributed by atoms with E-state index in [4.69, 9.17) is 27.9 Å². The summed E-state index contributed by atoms with van der Waals surface area (Å²) in [6, 6.07) is 13.4. The average molecular weight is 458 g/mol. The molecule has 158 valence electrons. The summed E-state index contributed by atoms with van der Waals surface area (Å²) in [7, 11) is 0. The first-order valence-corrected chi connectivity index (χ1v) is 10.4. The van der Waals surface area contributed by atoms with Crippen LogP contribution in [0.2, 0.25) is 10.0 Å². The minimum Gasteiger partial charge on any atom is -0.465 e. The van der Waals surface area contributed by atoms with Crippen LogP contribution in [0.4, 0.5) is 4.39 Å². The van der Waals surface area contributed by atoms with E-state index in [1.54, 1.807) is 48.1 Å². The first-order chi connectivity index (χ1) is 15.0. The van der Waals surface area contributed by atoms with Crippen LogP contribution < -0.4 is 0 Å². The Morgan fingerprint density at radius 3 is 2.65 bits per heavy atom. The zero-order valence-corrected chi connectivity index (χ0v) is 18.1. The van der Waals surface area contributed by atoms with Crippen molar-refractivity contribution in [2.75, 3.05) is 6.61 Å². The van der Waals surface area contributed by atoms with Crippen molar-refractivity contribution in [3.05, 3.63) is 88.0 Å². The molecular formula is C23H18Cl2FN3O2. The number of aromatic nitrogens is 3. The minimum absolute atomic E-state index is 0.0274. The molecule has 0 saturated carbocycles. The number of carbonyl (C=O) groups excluding carboxylic acids is 1. The largest absolute Gasteiger partial charge is 0.465 e. The Kier molecular flexibility index (Phi) is 6.20. The topological polar surface area (TPSA) is 56.5 Å². The van der Waals surface area contributed by atoms with E-state index in [1.807, 2.05) is 12.1 Å². The number of hydrogen-bond donors (Lipinski definition) is 0. The highest BCUT2D eigenvalue weighted by molar-refractivity contribution is 6.31. The van der Waals surface area contributed by atoms with E-state index in [-0.39, 0.29) is 23.6 Å². The second-order valence-corrected chi connectivity index (χ2v) is 7.72. The van der Waals surface area contributed by atoms with Crippen molar-refractivity contribution < 1.29 is 13.9 Å². The normalized spacial score (nSPS) is 12.1. The number of halogens is 3. The smallest absolute Gasteiger partial charge is 0.315 e. The summed E-state index contributed by atoms with van der Waals surface area (Å²) in [6.07, 6.45) is 3.30. The number of esters is 1. The number of fused-ring (bicyclic) bond motifs is 1. The lowest BCUT2D eigenvalue weighted by Gasteiger charge is -2.18. The van der Waals surface area contributed by atoms with Crippen LogP contribution in [-0.2, 0) is 16.0 Å². The molecule has 2 aromatic heterocycles. The Bertz CT molecular complexity index is 1220. The quantitative estimate of drug-likeness (QED) is 0.346. The van der Waals surface area contributed by atoms with Crippen LogP contribution in [0.3, 0.4) is 0 Å². The molecule has 0 amide bonds. The Morgan fingerprint density at radius 1 is 1.16 bits per heavy atom. The predicted octanol–water partition coefficient (Wildman–Crippen LogP) is 5.73. The van der Waals surface area contributed by atoms with E-state index >= 15 is 0 Å². The summed E-state index contributed by atoms with van der Waals surface area (Å²) in [5.41, 5.74) is 3.01. The molecule has 8 heteroatoms. The Labute approximate surface area is 188 Å². The molecule has 0 aliphatic heterocycles. The van der Waals surface area contributed by atoms with E-state index in [1.165, 1.54) is 12.1 Å². The molecule has 1 atom stereocenters. The lowest BCUT2D eigenvalue weighted by Crippen LogP contribution is -2.22. The maximum atomic E-state index is 14.5. The summed E-state index contributed by atoms with van der Waals surface area (Å²) in [4.78, 5) is 17.3. The highest BCUT2D eigenvalue weighted by Gasteiger charge is 2.28. The molecule has 4 aromatic rings. The number of hydrogen-bond acceptors (Lipinski definition) is 4. The summed E-state index contributed by atoms with van der Waals surface area (Å²) in [6.45, 7) is 1.92. The third kappa shape index (κ3) is 4.27. The zero-order valence-electron chi connectivity index (χ0n) is 16.6. The molecule has 0 aliphatic carbocycles. The molecule has 4 rings (SSSR count). The van der Waals surface area contributed by atoms with Gasteiger partial charge in [-0.3, -0.25) is 4.79 Å². The SMILES string of the molecule is CCOC(=O)[C@@H](Cc1c(F)cccc1Cl)c1ccnc2c(-c3ccc(Cl)cc3)cnn12. The third-order valence-corrected chi connectivity index (χ3v) is 5.59. The van der Waals surface area contributed by atoms with Crippen molar-refractivity contribution in [3.63, 3.8) is 0 Å². The van der Waals surface area contributed by atoms with Crippen LogP contribution in [0.15, 0.2) is 60.9 Å². The van der Waals surface area contributed by atoms with Gasteiger partial charge in [0.05, 0.1) is 18.5 Å². The monoisotopic (exact) mass is 457 g/mol. The van der Waals surface area contributed by atoms with Crippen molar-refractivity contribution >= 4 is 34.8 Å². The van der Waals surface area contributed by atoms with Gasteiger partial charge in [0, 0.05) is 27.4 Å². The Balaban J connectivity index is 1.82. The zero-order chi connectivity index (χ0) is 22.0. The van der Waals surface area contributed by atoms with Crippen molar-refractivity contribution in [1.82, 2.24) is 14.6 Å². The van der Waals surface area contributed by atoms with Crippen LogP contribution in [0.5, 0.6) is 0 Å². The van der Waals surface area contributed by atoms with E-state index < -0.39 is 17.7 Å². The van der Waals surface area contributed by atoms with Gasteiger partial charge in [0.25, 0.3) is 0 Å². The second kappa shape index (κ2) is 9.04. The number of benzene rings is 2. The summed E-state index contributed by atoms with van der Waals surface area (Å²) in [5, 5.41) is 5.33. The molecule has 2 aromatic carbocycles.